The average molecular weight is 463 g/mol. The third kappa shape index (κ3) is 5.67. The third-order valence-corrected chi connectivity index (χ3v) is 8.75. The van der Waals surface area contributed by atoms with Gasteiger partial charge >= 0.3 is 0 Å². The molecule has 2 aliphatic heterocycles. The van der Waals surface area contributed by atoms with E-state index >= 15 is 0 Å². The maximum Gasteiger partial charge on any atom is 0.253 e. The fraction of sp³-hybridized carbons (Fsp3) is 0.435. The number of amides is 1. The van der Waals surface area contributed by atoms with Gasteiger partial charge in [0, 0.05) is 38.3 Å². The molecule has 0 unspecified atom stereocenters. The van der Waals surface area contributed by atoms with E-state index in [1.165, 1.54) is 23.5 Å². The quantitative estimate of drug-likeness (QED) is 0.600. The van der Waals surface area contributed by atoms with Crippen molar-refractivity contribution >= 4 is 41.0 Å². The Kier molecular flexibility index (Phi) is 7.88. The van der Waals surface area contributed by atoms with E-state index in [2.05, 4.69) is 17.0 Å². The smallest absolute Gasteiger partial charge is 0.253 e. The highest BCUT2D eigenvalue weighted by molar-refractivity contribution is 8.16. The van der Waals surface area contributed by atoms with Crippen molar-refractivity contribution in [1.82, 2.24) is 9.80 Å². The summed E-state index contributed by atoms with van der Waals surface area (Å²) in [6.45, 7) is 4.66. The molecule has 2 fully saturated rings. The molecule has 7 heteroatoms. The van der Waals surface area contributed by atoms with Crippen molar-refractivity contribution in [2.75, 3.05) is 50.8 Å². The highest BCUT2D eigenvalue weighted by Crippen LogP contribution is 2.43. The maximum absolute atomic E-state index is 12.9. The Bertz CT molecular complexity index is 835. The Morgan fingerprint density at radius 1 is 1.00 bits per heavy atom. The minimum atomic E-state index is 0.137. The molecule has 4 nitrogen and oxygen atoms in total. The molecule has 2 aromatic rings. The summed E-state index contributed by atoms with van der Waals surface area (Å²) in [7, 11) is 0. The van der Waals surface area contributed by atoms with Gasteiger partial charge in [-0.2, -0.15) is 0 Å². The van der Waals surface area contributed by atoms with Gasteiger partial charge in [-0.05, 0) is 47.8 Å². The Labute approximate surface area is 192 Å². The standard InChI is InChI=1S/C23H27ClN2O2S2/c24-20-4-1-2-5-21(20)28-15-14-25-10-12-26(13-11-25)22(27)18-6-8-19(9-7-18)23-29-16-3-17-30-23/h1-2,4-9,23H,3,10-17H2. The SMILES string of the molecule is O=C(c1ccc(C2SCCCS2)cc1)N1CCN(CCOc2ccccc2Cl)CC1. The summed E-state index contributed by atoms with van der Waals surface area (Å²) in [6.07, 6.45) is 1.29. The van der Waals surface area contributed by atoms with Crippen LogP contribution in [0.2, 0.25) is 5.02 Å². The minimum absolute atomic E-state index is 0.137. The van der Waals surface area contributed by atoms with Gasteiger partial charge < -0.3 is 9.64 Å². The molecule has 30 heavy (non-hydrogen) atoms. The summed E-state index contributed by atoms with van der Waals surface area (Å²) in [4.78, 5) is 17.2. The molecule has 160 valence electrons. The maximum atomic E-state index is 12.9. The molecular formula is C23H27ClN2O2S2. The van der Waals surface area contributed by atoms with Gasteiger partial charge in [0.15, 0.2) is 0 Å². The van der Waals surface area contributed by atoms with Crippen molar-refractivity contribution < 1.29 is 9.53 Å². The van der Waals surface area contributed by atoms with Gasteiger partial charge in [0.05, 0.1) is 9.60 Å². The summed E-state index contributed by atoms with van der Waals surface area (Å²) in [5.41, 5.74) is 2.12. The molecule has 0 aliphatic carbocycles. The first-order valence-electron chi connectivity index (χ1n) is 10.4. The van der Waals surface area contributed by atoms with Gasteiger partial charge in [-0.3, -0.25) is 9.69 Å². The van der Waals surface area contributed by atoms with Gasteiger partial charge in [-0.25, -0.2) is 0 Å². The van der Waals surface area contributed by atoms with Crippen LogP contribution in [-0.2, 0) is 0 Å². The first-order valence-corrected chi connectivity index (χ1v) is 12.9. The summed E-state index contributed by atoms with van der Waals surface area (Å²) in [5, 5.41) is 0.639. The van der Waals surface area contributed by atoms with Crippen LogP contribution in [0.15, 0.2) is 48.5 Å². The Morgan fingerprint density at radius 3 is 2.40 bits per heavy atom. The van der Waals surface area contributed by atoms with Crippen LogP contribution in [0.1, 0.15) is 26.9 Å². The van der Waals surface area contributed by atoms with Crippen molar-refractivity contribution in [3.63, 3.8) is 0 Å². The minimum Gasteiger partial charge on any atom is -0.491 e. The predicted molar refractivity (Wildman–Crippen MR) is 128 cm³/mol. The number of hydrogen-bond acceptors (Lipinski definition) is 5. The number of rotatable bonds is 6. The van der Waals surface area contributed by atoms with Gasteiger partial charge in [-0.15, -0.1) is 23.5 Å². The second kappa shape index (κ2) is 10.8. The number of ether oxygens (including phenoxy) is 1. The predicted octanol–water partition coefficient (Wildman–Crippen LogP) is 5.05. The van der Waals surface area contributed by atoms with E-state index < -0.39 is 0 Å². The topological polar surface area (TPSA) is 32.8 Å². The number of para-hydroxylation sites is 1. The number of halogens is 1. The first-order chi connectivity index (χ1) is 14.7. The average Bonchev–Trinajstić information content (AvgIpc) is 2.81. The molecule has 1 amide bonds. The van der Waals surface area contributed by atoms with E-state index in [0.717, 1.165) is 44.0 Å². The van der Waals surface area contributed by atoms with Crippen molar-refractivity contribution in [1.29, 1.82) is 0 Å². The monoisotopic (exact) mass is 462 g/mol. The van der Waals surface area contributed by atoms with E-state index in [-0.39, 0.29) is 5.91 Å². The molecule has 4 rings (SSSR count). The summed E-state index contributed by atoms with van der Waals surface area (Å²) in [6, 6.07) is 15.8. The molecule has 0 aromatic heterocycles. The lowest BCUT2D eigenvalue weighted by atomic mass is 10.1. The van der Waals surface area contributed by atoms with Crippen LogP contribution in [-0.4, -0.2) is 66.5 Å². The molecule has 0 saturated carbocycles. The van der Waals surface area contributed by atoms with Gasteiger partial charge in [0.1, 0.15) is 12.4 Å². The number of carbonyl (C=O) groups excluding carboxylic acids is 1. The zero-order valence-electron chi connectivity index (χ0n) is 17.0. The van der Waals surface area contributed by atoms with Crippen molar-refractivity contribution in [3.05, 3.63) is 64.7 Å². The van der Waals surface area contributed by atoms with Crippen LogP contribution < -0.4 is 4.74 Å². The zero-order chi connectivity index (χ0) is 20.8. The molecule has 0 bridgehead atoms. The Morgan fingerprint density at radius 2 is 1.70 bits per heavy atom. The lowest BCUT2D eigenvalue weighted by molar-refractivity contribution is 0.0620. The zero-order valence-corrected chi connectivity index (χ0v) is 19.4. The number of nitrogens with zero attached hydrogens (tertiary/aromatic N) is 2. The molecule has 2 heterocycles. The lowest BCUT2D eigenvalue weighted by Gasteiger charge is -2.34. The van der Waals surface area contributed by atoms with Crippen LogP contribution in [0.3, 0.4) is 0 Å². The molecule has 0 radical (unpaired) electrons. The Balaban J connectivity index is 1.22. The fourth-order valence-electron chi connectivity index (χ4n) is 3.67. The summed E-state index contributed by atoms with van der Waals surface area (Å²) < 4.78 is 6.30. The summed E-state index contributed by atoms with van der Waals surface area (Å²) >= 11 is 10.1. The molecule has 0 N–H and O–H groups in total. The molecule has 2 aromatic carbocycles. The number of piperazine rings is 1. The second-order valence-corrected chi connectivity index (χ2v) is 10.6. The van der Waals surface area contributed by atoms with Gasteiger partial charge in [0.2, 0.25) is 0 Å². The molecule has 0 atom stereocenters. The van der Waals surface area contributed by atoms with E-state index in [9.17, 15) is 4.79 Å². The molecule has 2 saturated heterocycles. The van der Waals surface area contributed by atoms with Crippen molar-refractivity contribution in [3.8, 4) is 5.75 Å². The lowest BCUT2D eigenvalue weighted by Crippen LogP contribution is -2.49. The van der Waals surface area contributed by atoms with Crippen LogP contribution in [0.4, 0.5) is 0 Å². The number of carbonyl (C=O) groups is 1. The Hall–Kier alpha value is -1.34. The largest absolute Gasteiger partial charge is 0.491 e. The molecule has 0 spiro atoms. The normalized spacial score (nSPS) is 18.4. The van der Waals surface area contributed by atoms with E-state index in [0.29, 0.717) is 16.2 Å². The van der Waals surface area contributed by atoms with Gasteiger partial charge in [-0.1, -0.05) is 35.9 Å². The van der Waals surface area contributed by atoms with E-state index in [4.69, 9.17) is 16.3 Å². The highest BCUT2D eigenvalue weighted by atomic mass is 35.5. The fourth-order valence-corrected chi connectivity index (χ4v) is 6.75. The van der Waals surface area contributed by atoms with Crippen molar-refractivity contribution in [2.45, 2.75) is 11.0 Å². The van der Waals surface area contributed by atoms with Crippen LogP contribution in [0, 0.1) is 0 Å². The second-order valence-electron chi connectivity index (χ2n) is 7.46. The number of benzene rings is 2. The van der Waals surface area contributed by atoms with Crippen LogP contribution in [0.5, 0.6) is 5.75 Å². The highest BCUT2D eigenvalue weighted by Gasteiger charge is 2.23. The number of hydrogen-bond donors (Lipinski definition) is 0. The third-order valence-electron chi connectivity index (χ3n) is 5.42. The van der Waals surface area contributed by atoms with Crippen LogP contribution in [0.25, 0.3) is 0 Å². The van der Waals surface area contributed by atoms with E-state index in [1.54, 1.807) is 0 Å². The summed E-state index contributed by atoms with van der Waals surface area (Å²) in [5.74, 6) is 3.32. The molecule has 2 aliphatic rings. The van der Waals surface area contributed by atoms with Crippen LogP contribution >= 0.6 is 35.1 Å². The van der Waals surface area contributed by atoms with E-state index in [1.807, 2.05) is 64.8 Å². The first kappa shape index (κ1) is 21.9. The number of thioether (sulfide) groups is 2. The molecular weight excluding hydrogens is 436 g/mol. The van der Waals surface area contributed by atoms with Gasteiger partial charge in [0.25, 0.3) is 5.91 Å². The van der Waals surface area contributed by atoms with Crippen molar-refractivity contribution in [2.24, 2.45) is 0 Å².